The van der Waals surface area contributed by atoms with Crippen molar-refractivity contribution in [1.82, 2.24) is 0 Å². The number of carbonyl (C=O) groups is 1. The maximum atomic E-state index is 11.2. The Morgan fingerprint density at radius 3 is 2.20 bits per heavy atom. The lowest BCUT2D eigenvalue weighted by atomic mass is 10.1. The molecule has 2 aromatic rings. The van der Waals surface area contributed by atoms with Gasteiger partial charge in [-0.2, -0.15) is 10.2 Å². The van der Waals surface area contributed by atoms with Gasteiger partial charge in [-0.1, -0.05) is 11.6 Å². The molecule has 0 aliphatic heterocycles. The summed E-state index contributed by atoms with van der Waals surface area (Å²) in [6, 6.07) is 12.4. The van der Waals surface area contributed by atoms with Crippen molar-refractivity contribution in [2.45, 2.75) is 6.92 Å². The number of nitrogens with zero attached hydrogens (tertiary/aromatic N) is 2. The molecule has 0 aromatic heterocycles. The molecule has 0 heterocycles. The zero-order valence-corrected chi connectivity index (χ0v) is 12.0. The van der Waals surface area contributed by atoms with E-state index < -0.39 is 0 Å². The lowest BCUT2D eigenvalue weighted by Crippen LogP contribution is -1.89. The summed E-state index contributed by atoms with van der Waals surface area (Å²) in [6.07, 6.45) is 0. The van der Waals surface area contributed by atoms with Crippen LogP contribution in [-0.2, 0) is 0 Å². The van der Waals surface area contributed by atoms with E-state index in [1.165, 1.54) is 6.92 Å². The van der Waals surface area contributed by atoms with Crippen LogP contribution in [0.4, 0.5) is 17.1 Å². The molecule has 0 saturated heterocycles. The highest BCUT2D eigenvalue weighted by Gasteiger charge is 2.00. The van der Waals surface area contributed by atoms with Gasteiger partial charge in [0, 0.05) is 12.6 Å². The lowest BCUT2D eigenvalue weighted by Gasteiger charge is -2.02. The summed E-state index contributed by atoms with van der Waals surface area (Å²) in [6.45, 7) is 1.53. The van der Waals surface area contributed by atoms with E-state index >= 15 is 0 Å². The zero-order valence-electron chi connectivity index (χ0n) is 11.2. The minimum atomic E-state index is 0.0305. The Hall–Kier alpha value is -2.20. The van der Waals surface area contributed by atoms with E-state index in [9.17, 15) is 4.79 Å². The number of hydrogen-bond acceptors (Lipinski definition) is 4. The highest BCUT2D eigenvalue weighted by atomic mass is 35.5. The summed E-state index contributed by atoms with van der Waals surface area (Å²) in [5, 5.41) is 11.8. The van der Waals surface area contributed by atoms with Crippen LogP contribution < -0.4 is 5.32 Å². The third-order valence-electron chi connectivity index (χ3n) is 2.78. The maximum Gasteiger partial charge on any atom is 0.159 e. The van der Waals surface area contributed by atoms with Gasteiger partial charge in [0.25, 0.3) is 0 Å². The molecule has 20 heavy (non-hydrogen) atoms. The first-order chi connectivity index (χ1) is 9.60. The van der Waals surface area contributed by atoms with Crippen molar-refractivity contribution in [1.29, 1.82) is 0 Å². The minimum absolute atomic E-state index is 0.0305. The van der Waals surface area contributed by atoms with Crippen LogP contribution >= 0.6 is 11.6 Å². The Morgan fingerprint density at radius 2 is 1.65 bits per heavy atom. The van der Waals surface area contributed by atoms with E-state index in [-0.39, 0.29) is 5.78 Å². The van der Waals surface area contributed by atoms with Crippen molar-refractivity contribution in [2.24, 2.45) is 10.2 Å². The molecule has 2 rings (SSSR count). The zero-order chi connectivity index (χ0) is 14.5. The summed E-state index contributed by atoms with van der Waals surface area (Å²) >= 11 is 6.07. The smallest absolute Gasteiger partial charge is 0.159 e. The van der Waals surface area contributed by atoms with Gasteiger partial charge in [0.2, 0.25) is 0 Å². The Morgan fingerprint density at radius 1 is 1.05 bits per heavy atom. The molecule has 4 nitrogen and oxygen atoms in total. The van der Waals surface area contributed by atoms with Crippen LogP contribution in [0.15, 0.2) is 52.7 Å². The van der Waals surface area contributed by atoms with Crippen LogP contribution in [0.1, 0.15) is 17.3 Å². The molecule has 0 unspecified atom stereocenters. The summed E-state index contributed by atoms with van der Waals surface area (Å²) in [5.41, 5.74) is 2.86. The van der Waals surface area contributed by atoms with Crippen LogP contribution in [0.3, 0.4) is 0 Å². The summed E-state index contributed by atoms with van der Waals surface area (Å²) in [5.74, 6) is 0.0305. The number of azo groups is 1. The first-order valence-electron chi connectivity index (χ1n) is 6.10. The second-order valence-corrected chi connectivity index (χ2v) is 4.62. The number of anilines is 1. The summed E-state index contributed by atoms with van der Waals surface area (Å²) in [7, 11) is 1.80. The van der Waals surface area contributed by atoms with Crippen molar-refractivity contribution in [3.63, 3.8) is 0 Å². The molecule has 0 amide bonds. The molecular formula is C15H14ClN3O. The van der Waals surface area contributed by atoms with Crippen molar-refractivity contribution in [2.75, 3.05) is 12.4 Å². The Labute approximate surface area is 122 Å². The molecule has 0 bridgehead atoms. The maximum absolute atomic E-state index is 11.2. The fourth-order valence-electron chi connectivity index (χ4n) is 1.65. The molecular weight excluding hydrogens is 274 g/mol. The van der Waals surface area contributed by atoms with Crippen molar-refractivity contribution >= 4 is 34.4 Å². The quantitative estimate of drug-likeness (QED) is 0.635. The number of halogens is 1. The van der Waals surface area contributed by atoms with E-state index in [1.807, 2.05) is 12.1 Å². The Kier molecular flexibility index (Phi) is 4.48. The molecule has 0 fully saturated rings. The van der Waals surface area contributed by atoms with Crippen LogP contribution in [0.5, 0.6) is 0 Å². The second-order valence-electron chi connectivity index (χ2n) is 4.22. The standard InChI is InChI=1S/C15H14ClN3O/c1-10(20)11-3-5-12(6-4-11)18-19-13-7-8-15(17-2)14(16)9-13/h3-9,17H,1-2H3. The molecule has 0 radical (unpaired) electrons. The van der Waals surface area contributed by atoms with Crippen molar-refractivity contribution in [3.05, 3.63) is 53.1 Å². The van der Waals surface area contributed by atoms with Crippen molar-refractivity contribution in [3.8, 4) is 0 Å². The largest absolute Gasteiger partial charge is 0.387 e. The van der Waals surface area contributed by atoms with E-state index in [0.29, 0.717) is 22.0 Å². The molecule has 5 heteroatoms. The number of rotatable bonds is 4. The highest BCUT2D eigenvalue weighted by molar-refractivity contribution is 6.33. The van der Waals surface area contributed by atoms with Gasteiger partial charge in [0.1, 0.15) is 0 Å². The third-order valence-corrected chi connectivity index (χ3v) is 3.09. The lowest BCUT2D eigenvalue weighted by molar-refractivity contribution is 0.101. The van der Waals surface area contributed by atoms with E-state index in [2.05, 4.69) is 15.5 Å². The Bertz CT molecular complexity index is 651. The summed E-state index contributed by atoms with van der Waals surface area (Å²) < 4.78 is 0. The van der Waals surface area contributed by atoms with Gasteiger partial charge in [-0.3, -0.25) is 4.79 Å². The number of ketones is 1. The SMILES string of the molecule is CNc1ccc(N=Nc2ccc(C(C)=O)cc2)cc1Cl. The van der Waals surface area contributed by atoms with Crippen LogP contribution in [0.2, 0.25) is 5.02 Å². The number of Topliss-reactive ketones (excluding diaryl/α,β-unsaturated/α-hetero) is 1. The van der Waals surface area contributed by atoms with E-state index in [0.717, 1.165) is 5.69 Å². The van der Waals surface area contributed by atoms with Gasteiger partial charge >= 0.3 is 0 Å². The third kappa shape index (κ3) is 3.42. The molecule has 0 spiro atoms. The van der Waals surface area contributed by atoms with Gasteiger partial charge in [0.15, 0.2) is 5.78 Å². The molecule has 0 saturated carbocycles. The van der Waals surface area contributed by atoms with Gasteiger partial charge in [-0.15, -0.1) is 0 Å². The average molecular weight is 288 g/mol. The minimum Gasteiger partial charge on any atom is -0.387 e. The molecule has 0 atom stereocenters. The average Bonchev–Trinajstić information content (AvgIpc) is 2.45. The first kappa shape index (κ1) is 14.2. The molecule has 0 aliphatic rings. The van der Waals surface area contributed by atoms with E-state index in [4.69, 9.17) is 11.6 Å². The van der Waals surface area contributed by atoms with E-state index in [1.54, 1.807) is 37.4 Å². The van der Waals surface area contributed by atoms with Crippen LogP contribution in [0, 0.1) is 0 Å². The molecule has 1 N–H and O–H groups in total. The summed E-state index contributed by atoms with van der Waals surface area (Å²) in [4.78, 5) is 11.2. The normalized spacial score (nSPS) is 10.8. The van der Waals surface area contributed by atoms with Crippen LogP contribution in [0.25, 0.3) is 0 Å². The van der Waals surface area contributed by atoms with Crippen molar-refractivity contribution < 1.29 is 4.79 Å². The predicted molar refractivity (Wildman–Crippen MR) is 81.6 cm³/mol. The molecule has 2 aromatic carbocycles. The molecule has 102 valence electrons. The number of carbonyl (C=O) groups excluding carboxylic acids is 1. The number of hydrogen-bond donors (Lipinski definition) is 1. The topological polar surface area (TPSA) is 53.8 Å². The number of nitrogens with one attached hydrogen (secondary N) is 1. The van der Waals surface area contributed by atoms with Gasteiger partial charge in [0.05, 0.1) is 22.1 Å². The second kappa shape index (κ2) is 6.30. The predicted octanol–water partition coefficient (Wildman–Crippen LogP) is 5.00. The fraction of sp³-hybridized carbons (Fsp3) is 0.133. The fourth-order valence-corrected chi connectivity index (χ4v) is 1.92. The van der Waals surface area contributed by atoms with Gasteiger partial charge in [-0.05, 0) is 49.4 Å². The molecule has 0 aliphatic carbocycles. The van der Waals surface area contributed by atoms with Crippen LogP contribution in [-0.4, -0.2) is 12.8 Å². The van der Waals surface area contributed by atoms with Gasteiger partial charge < -0.3 is 5.32 Å². The van der Waals surface area contributed by atoms with Gasteiger partial charge in [-0.25, -0.2) is 0 Å². The first-order valence-corrected chi connectivity index (χ1v) is 6.48. The Balaban J connectivity index is 2.16. The monoisotopic (exact) mass is 287 g/mol. The number of benzene rings is 2. The highest BCUT2D eigenvalue weighted by Crippen LogP contribution is 2.27.